The van der Waals surface area contributed by atoms with E-state index in [0.717, 1.165) is 30.9 Å². The number of aromatic nitrogens is 3. The fraction of sp³-hybridized carbons (Fsp3) is 0.421. The van der Waals surface area contributed by atoms with E-state index >= 15 is 0 Å². The van der Waals surface area contributed by atoms with Crippen molar-refractivity contribution in [2.45, 2.75) is 39.3 Å². The van der Waals surface area contributed by atoms with Gasteiger partial charge in [0.2, 0.25) is 5.91 Å². The molecule has 3 rings (SSSR count). The first kappa shape index (κ1) is 20.3. The van der Waals surface area contributed by atoms with Gasteiger partial charge in [-0.2, -0.15) is 0 Å². The average molecular weight is 400 g/mol. The summed E-state index contributed by atoms with van der Waals surface area (Å²) in [6.45, 7) is 2.71. The monoisotopic (exact) mass is 400 g/mol. The lowest BCUT2D eigenvalue weighted by molar-refractivity contribution is -0.136. The highest BCUT2D eigenvalue weighted by molar-refractivity contribution is 5.76. The molecule has 1 aliphatic heterocycles. The Hall–Kier alpha value is -3.43. The quantitative estimate of drug-likeness (QED) is 0.503. The first-order valence-corrected chi connectivity index (χ1v) is 9.45. The lowest BCUT2D eigenvalue weighted by atomic mass is 10.1. The van der Waals surface area contributed by atoms with Gasteiger partial charge in [-0.25, -0.2) is 9.97 Å². The Labute approximate surface area is 167 Å². The zero-order valence-corrected chi connectivity index (χ0v) is 16.2. The van der Waals surface area contributed by atoms with Crippen molar-refractivity contribution in [3.05, 3.63) is 45.6 Å². The van der Waals surface area contributed by atoms with Crippen LogP contribution in [0.5, 0.6) is 0 Å². The number of fused-ring (bicyclic) bond motifs is 1. The fourth-order valence-corrected chi connectivity index (χ4v) is 3.04. The Morgan fingerprint density at radius 3 is 2.97 bits per heavy atom. The predicted octanol–water partition coefficient (Wildman–Crippen LogP) is 0.508. The van der Waals surface area contributed by atoms with Crippen LogP contribution < -0.4 is 21.5 Å². The van der Waals surface area contributed by atoms with Crippen molar-refractivity contribution in [1.82, 2.24) is 19.9 Å². The molecule has 0 aliphatic carbocycles. The van der Waals surface area contributed by atoms with E-state index in [0.29, 0.717) is 12.2 Å². The van der Waals surface area contributed by atoms with Gasteiger partial charge in [-0.1, -0.05) is 6.07 Å². The molecular formula is C19H24N6O4. The molecule has 0 saturated carbocycles. The number of aryl methyl sites for hydroxylation is 2. The van der Waals surface area contributed by atoms with Gasteiger partial charge < -0.3 is 21.1 Å². The van der Waals surface area contributed by atoms with Gasteiger partial charge in [0.1, 0.15) is 12.4 Å². The van der Waals surface area contributed by atoms with Crippen molar-refractivity contribution < 1.29 is 14.7 Å². The Morgan fingerprint density at radius 2 is 2.17 bits per heavy atom. The molecule has 0 aromatic carbocycles. The van der Waals surface area contributed by atoms with Gasteiger partial charge in [-0.05, 0) is 31.4 Å². The highest BCUT2D eigenvalue weighted by Gasteiger charge is 2.13. The molecule has 0 spiro atoms. The van der Waals surface area contributed by atoms with Gasteiger partial charge in [0.05, 0.1) is 18.7 Å². The Balaban J connectivity index is 1.66. The van der Waals surface area contributed by atoms with E-state index in [4.69, 9.17) is 5.11 Å². The topological polar surface area (TPSA) is 138 Å². The third-order valence-corrected chi connectivity index (χ3v) is 4.61. The van der Waals surface area contributed by atoms with Crippen LogP contribution in [0, 0.1) is 6.92 Å². The molecule has 0 atom stereocenters. The molecular weight excluding hydrogens is 376 g/mol. The van der Waals surface area contributed by atoms with E-state index < -0.39 is 17.4 Å². The number of hydrogen-bond donors (Lipinski definition) is 4. The smallest absolute Gasteiger partial charge is 0.305 e. The maximum absolute atomic E-state index is 12.7. The number of anilines is 2. The number of carboxylic acids is 1. The molecule has 10 heteroatoms. The second kappa shape index (κ2) is 9.18. The SMILES string of the molecule is Cc1cnc(NCc2ccc3c(n2)NCCC3)c(=O)n1CC(=O)NCCC(=O)O. The normalized spacial score (nSPS) is 12.6. The third-order valence-electron chi connectivity index (χ3n) is 4.61. The number of carbonyl (C=O) groups is 2. The summed E-state index contributed by atoms with van der Waals surface area (Å²) in [5.74, 6) is -0.430. The number of rotatable bonds is 8. The number of nitrogens with one attached hydrogen (secondary N) is 3. The number of carboxylic acid groups (broad SMARTS) is 1. The van der Waals surface area contributed by atoms with Gasteiger partial charge in [-0.3, -0.25) is 19.0 Å². The maximum Gasteiger partial charge on any atom is 0.305 e. The second-order valence-electron chi connectivity index (χ2n) is 6.83. The van der Waals surface area contributed by atoms with E-state index in [9.17, 15) is 14.4 Å². The lowest BCUT2D eigenvalue weighted by Gasteiger charge is -2.17. The summed E-state index contributed by atoms with van der Waals surface area (Å²) in [7, 11) is 0. The van der Waals surface area contributed by atoms with Crippen molar-refractivity contribution in [1.29, 1.82) is 0 Å². The van der Waals surface area contributed by atoms with Crippen molar-refractivity contribution in [3.63, 3.8) is 0 Å². The Morgan fingerprint density at radius 1 is 1.34 bits per heavy atom. The number of aliphatic carboxylic acids is 1. The van der Waals surface area contributed by atoms with Crippen molar-refractivity contribution >= 4 is 23.5 Å². The zero-order valence-electron chi connectivity index (χ0n) is 16.2. The molecule has 1 aliphatic rings. The predicted molar refractivity (Wildman–Crippen MR) is 107 cm³/mol. The first-order chi connectivity index (χ1) is 13.9. The molecule has 154 valence electrons. The number of pyridine rings is 1. The summed E-state index contributed by atoms with van der Waals surface area (Å²) in [4.78, 5) is 43.9. The van der Waals surface area contributed by atoms with E-state index in [1.807, 2.05) is 12.1 Å². The second-order valence-corrected chi connectivity index (χ2v) is 6.83. The van der Waals surface area contributed by atoms with Crippen LogP contribution in [0.4, 0.5) is 11.6 Å². The largest absolute Gasteiger partial charge is 0.481 e. The molecule has 2 aromatic heterocycles. The van der Waals surface area contributed by atoms with Gasteiger partial charge in [0.25, 0.3) is 5.56 Å². The Bertz CT molecular complexity index is 972. The van der Waals surface area contributed by atoms with Crippen LogP contribution in [-0.2, 0) is 29.1 Å². The number of nitrogens with zero attached hydrogens (tertiary/aromatic N) is 3. The lowest BCUT2D eigenvalue weighted by Crippen LogP contribution is -2.35. The van der Waals surface area contributed by atoms with Crippen LogP contribution >= 0.6 is 0 Å². The molecule has 29 heavy (non-hydrogen) atoms. The van der Waals surface area contributed by atoms with Gasteiger partial charge in [-0.15, -0.1) is 0 Å². The molecule has 0 radical (unpaired) electrons. The fourth-order valence-electron chi connectivity index (χ4n) is 3.04. The van der Waals surface area contributed by atoms with Gasteiger partial charge >= 0.3 is 5.97 Å². The van der Waals surface area contributed by atoms with Crippen LogP contribution in [0.25, 0.3) is 0 Å². The summed E-state index contributed by atoms with van der Waals surface area (Å²) >= 11 is 0. The molecule has 2 aromatic rings. The van der Waals surface area contributed by atoms with E-state index in [2.05, 4.69) is 25.9 Å². The van der Waals surface area contributed by atoms with Crippen LogP contribution in [0.1, 0.15) is 29.8 Å². The van der Waals surface area contributed by atoms with Crippen LogP contribution in [0.2, 0.25) is 0 Å². The maximum atomic E-state index is 12.7. The first-order valence-electron chi connectivity index (χ1n) is 9.45. The summed E-state index contributed by atoms with van der Waals surface area (Å²) in [6.07, 6.45) is 3.42. The molecule has 0 saturated heterocycles. The highest BCUT2D eigenvalue weighted by Crippen LogP contribution is 2.19. The van der Waals surface area contributed by atoms with Crippen molar-refractivity contribution in [3.8, 4) is 0 Å². The minimum absolute atomic E-state index is 0.0101. The third kappa shape index (κ3) is 5.31. The van der Waals surface area contributed by atoms with Crippen molar-refractivity contribution in [2.75, 3.05) is 23.7 Å². The summed E-state index contributed by atoms with van der Waals surface area (Å²) < 4.78 is 1.30. The molecule has 0 fully saturated rings. The van der Waals surface area contributed by atoms with Crippen LogP contribution in [0.3, 0.4) is 0 Å². The van der Waals surface area contributed by atoms with Gasteiger partial charge in [0.15, 0.2) is 5.82 Å². The van der Waals surface area contributed by atoms with Crippen LogP contribution in [0.15, 0.2) is 23.1 Å². The molecule has 3 heterocycles. The summed E-state index contributed by atoms with van der Waals surface area (Å²) in [6, 6.07) is 3.95. The number of carbonyl (C=O) groups excluding carboxylic acids is 1. The van der Waals surface area contributed by atoms with Gasteiger partial charge in [0, 0.05) is 25.0 Å². The number of amides is 1. The molecule has 1 amide bonds. The number of hydrogen-bond acceptors (Lipinski definition) is 7. The minimum atomic E-state index is -1.000. The zero-order chi connectivity index (χ0) is 20.8. The molecule has 10 nitrogen and oxygen atoms in total. The minimum Gasteiger partial charge on any atom is -0.481 e. The average Bonchev–Trinajstić information content (AvgIpc) is 2.70. The molecule has 4 N–H and O–H groups in total. The molecule has 0 bridgehead atoms. The van der Waals surface area contributed by atoms with Crippen molar-refractivity contribution in [2.24, 2.45) is 0 Å². The van der Waals surface area contributed by atoms with E-state index in [1.54, 1.807) is 6.92 Å². The molecule has 0 unspecified atom stereocenters. The standard InChI is InChI=1S/C19H24N6O4/c1-12-9-22-18(19(29)25(12)11-15(26)20-8-6-16(27)28)23-10-14-5-4-13-3-2-7-21-17(13)24-14/h4-5,9H,2-3,6-8,10-11H2,1H3,(H,20,26)(H,21,24)(H,22,23)(H,27,28). The van der Waals surface area contributed by atoms with E-state index in [1.165, 1.54) is 16.3 Å². The van der Waals surface area contributed by atoms with Crippen LogP contribution in [-0.4, -0.2) is 44.6 Å². The highest BCUT2D eigenvalue weighted by atomic mass is 16.4. The summed E-state index contributed by atoms with van der Waals surface area (Å²) in [5, 5.41) is 17.4. The summed E-state index contributed by atoms with van der Waals surface area (Å²) in [5.41, 5.74) is 2.07. The Kier molecular flexibility index (Phi) is 6.43. The van der Waals surface area contributed by atoms with E-state index in [-0.39, 0.29) is 25.3 Å².